The Balaban J connectivity index is 1.58. The van der Waals surface area contributed by atoms with Crippen LogP contribution in [-0.2, 0) is 16.8 Å². The number of carbonyl (C=O) groups excluding carboxylic acids is 1. The van der Waals surface area contributed by atoms with Gasteiger partial charge in [-0.2, -0.15) is 0 Å². The quantitative estimate of drug-likeness (QED) is 0.762. The SMILES string of the molecule is O=C1CC[C@]2(O)[C@@H]3Cc4ccc(O)c5c4[C@]2(NCC3CC2CC2)[C@H]1O5. The number of aliphatic hydroxyl groups is 1. The first-order valence-electron chi connectivity index (χ1n) is 9.56. The number of carbonyl (C=O) groups is 1. The van der Waals surface area contributed by atoms with Crippen LogP contribution in [0.25, 0.3) is 0 Å². The van der Waals surface area contributed by atoms with Gasteiger partial charge in [0.15, 0.2) is 23.4 Å². The predicted molar refractivity (Wildman–Crippen MR) is 89.4 cm³/mol. The van der Waals surface area contributed by atoms with Crippen molar-refractivity contribution in [3.05, 3.63) is 23.3 Å². The summed E-state index contributed by atoms with van der Waals surface area (Å²) in [6.07, 6.45) is 4.70. The lowest BCUT2D eigenvalue weighted by Gasteiger charge is -2.62. The van der Waals surface area contributed by atoms with E-state index in [-0.39, 0.29) is 17.5 Å². The van der Waals surface area contributed by atoms with Crippen LogP contribution in [0.3, 0.4) is 0 Å². The van der Waals surface area contributed by atoms with E-state index in [1.54, 1.807) is 6.07 Å². The van der Waals surface area contributed by atoms with E-state index in [1.807, 2.05) is 6.07 Å². The summed E-state index contributed by atoms with van der Waals surface area (Å²) in [7, 11) is 0. The molecule has 1 aromatic carbocycles. The first kappa shape index (κ1) is 14.6. The molecule has 3 aliphatic carbocycles. The third-order valence-electron chi connectivity index (χ3n) is 7.57. The van der Waals surface area contributed by atoms with Crippen LogP contribution >= 0.6 is 0 Å². The second-order valence-electron chi connectivity index (χ2n) is 8.78. The summed E-state index contributed by atoms with van der Waals surface area (Å²) in [4.78, 5) is 12.7. The second-order valence-corrected chi connectivity index (χ2v) is 8.78. The van der Waals surface area contributed by atoms with Crippen molar-refractivity contribution in [2.45, 2.75) is 55.8 Å². The van der Waals surface area contributed by atoms with Crippen molar-refractivity contribution in [1.29, 1.82) is 0 Å². The topological polar surface area (TPSA) is 78.8 Å². The minimum Gasteiger partial charge on any atom is -0.504 e. The van der Waals surface area contributed by atoms with Gasteiger partial charge in [0.1, 0.15) is 5.54 Å². The van der Waals surface area contributed by atoms with Crippen LogP contribution in [0, 0.1) is 17.8 Å². The molecule has 2 aliphatic heterocycles. The Hall–Kier alpha value is -1.59. The molecular weight excluding hydrogens is 318 g/mol. The highest BCUT2D eigenvalue weighted by atomic mass is 16.5. The molecule has 0 amide bonds. The van der Waals surface area contributed by atoms with Gasteiger partial charge >= 0.3 is 0 Å². The number of aromatic hydroxyl groups is 1. The van der Waals surface area contributed by atoms with E-state index in [9.17, 15) is 15.0 Å². The van der Waals surface area contributed by atoms with Crippen LogP contribution in [0.1, 0.15) is 43.2 Å². The highest BCUT2D eigenvalue weighted by Crippen LogP contribution is 2.64. The Kier molecular flexibility index (Phi) is 2.55. The zero-order chi connectivity index (χ0) is 17.0. The molecule has 1 spiro atoms. The van der Waals surface area contributed by atoms with E-state index in [4.69, 9.17) is 4.74 Å². The Labute approximate surface area is 146 Å². The molecular formula is C20H23NO4. The molecule has 2 saturated carbocycles. The molecule has 5 nitrogen and oxygen atoms in total. The summed E-state index contributed by atoms with van der Waals surface area (Å²) >= 11 is 0. The number of Topliss-reactive ketones (excluding diaryl/α,β-unsaturated/α-hetero) is 1. The number of benzene rings is 1. The maximum absolute atomic E-state index is 12.7. The van der Waals surface area contributed by atoms with Crippen LogP contribution in [0.4, 0.5) is 0 Å². The van der Waals surface area contributed by atoms with E-state index in [1.165, 1.54) is 12.8 Å². The Bertz CT molecular complexity index is 803. The predicted octanol–water partition coefficient (Wildman–Crippen LogP) is 1.63. The van der Waals surface area contributed by atoms with Crippen LogP contribution in [-0.4, -0.2) is 34.2 Å². The maximum Gasteiger partial charge on any atom is 0.182 e. The summed E-state index contributed by atoms with van der Waals surface area (Å²) in [5.41, 5.74) is 0.103. The van der Waals surface area contributed by atoms with E-state index >= 15 is 0 Å². The number of rotatable bonds is 2. The van der Waals surface area contributed by atoms with Crippen LogP contribution in [0.5, 0.6) is 11.5 Å². The number of hydrogen-bond acceptors (Lipinski definition) is 5. The third kappa shape index (κ3) is 1.56. The first-order chi connectivity index (χ1) is 12.0. The molecule has 3 N–H and O–H groups in total. The van der Waals surface area contributed by atoms with Gasteiger partial charge in [0.25, 0.3) is 0 Å². The Morgan fingerprint density at radius 3 is 2.96 bits per heavy atom. The lowest BCUT2D eigenvalue weighted by molar-refractivity contribution is -0.195. The van der Waals surface area contributed by atoms with Crippen molar-refractivity contribution in [3.63, 3.8) is 0 Å². The highest BCUT2D eigenvalue weighted by Gasteiger charge is 2.73. The van der Waals surface area contributed by atoms with Gasteiger partial charge in [-0.1, -0.05) is 18.9 Å². The number of ether oxygens (including phenoxy) is 1. The van der Waals surface area contributed by atoms with Crippen molar-refractivity contribution in [2.24, 2.45) is 17.8 Å². The van der Waals surface area contributed by atoms with E-state index in [2.05, 4.69) is 5.32 Å². The number of ketones is 1. The van der Waals surface area contributed by atoms with Crippen molar-refractivity contribution in [2.75, 3.05) is 6.54 Å². The molecule has 3 fully saturated rings. The smallest absolute Gasteiger partial charge is 0.182 e. The number of phenolic OH excluding ortho intramolecular Hbond substituents is 1. The summed E-state index contributed by atoms with van der Waals surface area (Å²) in [6, 6.07) is 3.62. The fraction of sp³-hybridized carbons (Fsp3) is 0.650. The van der Waals surface area contributed by atoms with Gasteiger partial charge in [-0.25, -0.2) is 0 Å². The Morgan fingerprint density at radius 1 is 1.32 bits per heavy atom. The molecule has 5 aliphatic rings. The average Bonchev–Trinajstić information content (AvgIpc) is 3.32. The lowest BCUT2D eigenvalue weighted by Crippen LogP contribution is -2.78. The summed E-state index contributed by atoms with van der Waals surface area (Å²) in [5, 5.41) is 25.9. The van der Waals surface area contributed by atoms with Gasteiger partial charge in [0.05, 0.1) is 5.60 Å². The second kappa shape index (κ2) is 4.38. The fourth-order valence-corrected chi connectivity index (χ4v) is 6.30. The molecule has 2 bridgehead atoms. The normalized spacial score (nSPS) is 43.6. The summed E-state index contributed by atoms with van der Waals surface area (Å²) in [5.74, 6) is 1.89. The van der Waals surface area contributed by atoms with Crippen LogP contribution in [0.15, 0.2) is 12.1 Å². The van der Waals surface area contributed by atoms with Crippen molar-refractivity contribution in [3.8, 4) is 11.5 Å². The molecule has 25 heavy (non-hydrogen) atoms. The zero-order valence-electron chi connectivity index (χ0n) is 14.1. The largest absolute Gasteiger partial charge is 0.504 e. The fourth-order valence-electron chi connectivity index (χ4n) is 6.30. The first-order valence-corrected chi connectivity index (χ1v) is 9.56. The summed E-state index contributed by atoms with van der Waals surface area (Å²) < 4.78 is 5.99. The number of piperidine rings is 1. The number of phenols is 1. The van der Waals surface area contributed by atoms with Gasteiger partial charge in [-0.15, -0.1) is 0 Å². The molecule has 132 valence electrons. The van der Waals surface area contributed by atoms with Gasteiger partial charge in [-0.05, 0) is 55.2 Å². The van der Waals surface area contributed by atoms with Gasteiger partial charge in [0.2, 0.25) is 0 Å². The third-order valence-corrected chi connectivity index (χ3v) is 7.57. The monoisotopic (exact) mass is 341 g/mol. The Morgan fingerprint density at radius 2 is 2.16 bits per heavy atom. The van der Waals surface area contributed by atoms with Crippen LogP contribution < -0.4 is 10.1 Å². The van der Waals surface area contributed by atoms with E-state index < -0.39 is 17.2 Å². The zero-order valence-corrected chi connectivity index (χ0v) is 14.1. The summed E-state index contributed by atoms with van der Waals surface area (Å²) in [6.45, 7) is 0.811. The molecule has 1 saturated heterocycles. The van der Waals surface area contributed by atoms with Crippen LogP contribution in [0.2, 0.25) is 0 Å². The molecule has 0 radical (unpaired) electrons. The molecule has 1 aromatic rings. The minimum atomic E-state index is -0.977. The standard InChI is InChI=1S/C20H23NO4/c22-14-4-3-11-8-13-12(7-10-1-2-10)9-21-20-16(11)17(14)25-18(20)15(23)5-6-19(13,20)24/h3-4,10,12-13,18,21-22,24H,1-2,5-9H2/t12?,13-,18+,19+,20+/m1/s1. The number of hydrogen-bond donors (Lipinski definition) is 3. The van der Waals surface area contributed by atoms with Gasteiger partial charge < -0.3 is 20.3 Å². The average molecular weight is 341 g/mol. The molecule has 5 atom stereocenters. The molecule has 1 unspecified atom stereocenters. The molecule has 5 heteroatoms. The van der Waals surface area contributed by atoms with Gasteiger partial charge in [0, 0.05) is 12.0 Å². The lowest BCUT2D eigenvalue weighted by atomic mass is 9.50. The number of nitrogens with one attached hydrogen (secondary N) is 1. The van der Waals surface area contributed by atoms with E-state index in [0.717, 1.165) is 36.4 Å². The van der Waals surface area contributed by atoms with Crippen molar-refractivity contribution >= 4 is 5.78 Å². The molecule has 2 heterocycles. The highest BCUT2D eigenvalue weighted by molar-refractivity contribution is 5.89. The van der Waals surface area contributed by atoms with E-state index in [0.29, 0.717) is 24.5 Å². The van der Waals surface area contributed by atoms with Crippen molar-refractivity contribution < 1.29 is 19.7 Å². The molecule has 6 rings (SSSR count). The van der Waals surface area contributed by atoms with Crippen molar-refractivity contribution in [1.82, 2.24) is 5.32 Å². The van der Waals surface area contributed by atoms with Gasteiger partial charge in [-0.3, -0.25) is 4.79 Å². The maximum atomic E-state index is 12.7. The molecule has 0 aromatic heterocycles. The minimum absolute atomic E-state index is 0.0278.